The van der Waals surface area contributed by atoms with Crippen molar-refractivity contribution in [3.05, 3.63) is 93.4 Å². The van der Waals surface area contributed by atoms with Crippen LogP contribution in [0.3, 0.4) is 0 Å². The van der Waals surface area contributed by atoms with E-state index in [2.05, 4.69) is 15.9 Å². The second-order valence-electron chi connectivity index (χ2n) is 7.59. The molecule has 4 nitrogen and oxygen atoms in total. The number of thioether (sulfide) groups is 1. The third kappa shape index (κ3) is 3.20. The number of carbonyl (C=O) groups excluding carboxylic acids is 2. The Kier molecular flexibility index (Phi) is 5.12. The highest BCUT2D eigenvalue weighted by molar-refractivity contribution is 9.10. The molecule has 2 heterocycles. The van der Waals surface area contributed by atoms with Crippen LogP contribution in [0, 0.1) is 0 Å². The molecule has 7 heteroatoms. The highest BCUT2D eigenvalue weighted by Crippen LogP contribution is 2.58. The lowest BCUT2D eigenvalue weighted by atomic mass is 10.0. The molecule has 5 rings (SSSR count). The van der Waals surface area contributed by atoms with Gasteiger partial charge in [0.2, 0.25) is 10.8 Å². The van der Waals surface area contributed by atoms with Crippen LogP contribution in [0.4, 0.5) is 11.4 Å². The fraction of sp³-hybridized carbons (Fsp3) is 0.167. The number of benzene rings is 3. The van der Waals surface area contributed by atoms with E-state index in [-0.39, 0.29) is 17.1 Å². The number of hydrogen-bond donors (Lipinski definition) is 0. The summed E-state index contributed by atoms with van der Waals surface area (Å²) in [6, 6.07) is 22.8. The molecule has 0 bridgehead atoms. The average Bonchev–Trinajstić information content (AvgIpc) is 3.16. The van der Waals surface area contributed by atoms with E-state index in [0.29, 0.717) is 17.3 Å². The van der Waals surface area contributed by atoms with Gasteiger partial charge in [0, 0.05) is 20.7 Å². The van der Waals surface area contributed by atoms with Crippen molar-refractivity contribution < 1.29 is 9.59 Å². The first-order valence-corrected chi connectivity index (χ1v) is 11.9. The van der Waals surface area contributed by atoms with Crippen molar-refractivity contribution in [3.63, 3.8) is 0 Å². The number of carbonyl (C=O) groups is 2. The van der Waals surface area contributed by atoms with Crippen molar-refractivity contribution in [3.8, 4) is 0 Å². The van der Waals surface area contributed by atoms with Gasteiger partial charge in [0.1, 0.15) is 0 Å². The average molecular weight is 514 g/mol. The number of anilines is 2. The second kappa shape index (κ2) is 7.69. The molecule has 0 N–H and O–H groups in total. The lowest BCUT2D eigenvalue weighted by Gasteiger charge is -2.33. The fourth-order valence-corrected chi connectivity index (χ4v) is 6.33. The van der Waals surface area contributed by atoms with Gasteiger partial charge in [-0.25, -0.2) is 0 Å². The molecule has 31 heavy (non-hydrogen) atoms. The predicted octanol–water partition coefficient (Wildman–Crippen LogP) is 5.97. The molecule has 2 aliphatic rings. The van der Waals surface area contributed by atoms with Crippen LogP contribution < -0.4 is 9.80 Å². The largest absolute Gasteiger partial charge is 0.304 e. The smallest absolute Gasteiger partial charge is 0.269 e. The van der Waals surface area contributed by atoms with E-state index in [4.69, 9.17) is 11.6 Å². The number of amides is 2. The molecule has 0 unspecified atom stereocenters. The van der Waals surface area contributed by atoms with Gasteiger partial charge in [-0.2, -0.15) is 0 Å². The van der Waals surface area contributed by atoms with E-state index < -0.39 is 4.87 Å². The van der Waals surface area contributed by atoms with E-state index in [1.54, 1.807) is 9.80 Å². The van der Waals surface area contributed by atoms with Gasteiger partial charge < -0.3 is 4.90 Å². The van der Waals surface area contributed by atoms with E-state index >= 15 is 0 Å². The van der Waals surface area contributed by atoms with Crippen molar-refractivity contribution in [2.24, 2.45) is 0 Å². The number of para-hydroxylation sites is 1. The lowest BCUT2D eigenvalue weighted by molar-refractivity contribution is -0.124. The van der Waals surface area contributed by atoms with E-state index in [1.165, 1.54) is 11.8 Å². The maximum absolute atomic E-state index is 14.1. The summed E-state index contributed by atoms with van der Waals surface area (Å²) in [5, 5.41) is 0.312. The molecule has 3 aromatic carbocycles. The summed E-state index contributed by atoms with van der Waals surface area (Å²) in [5.74, 6) is -0.175. The Labute approximate surface area is 198 Å². The number of halogens is 2. The monoisotopic (exact) mass is 512 g/mol. The Hall–Kier alpha value is -2.28. The van der Waals surface area contributed by atoms with Crippen LogP contribution in [0.25, 0.3) is 0 Å². The van der Waals surface area contributed by atoms with Crippen molar-refractivity contribution >= 4 is 62.5 Å². The Morgan fingerprint density at radius 2 is 1.77 bits per heavy atom. The Balaban J connectivity index is 1.66. The first-order chi connectivity index (χ1) is 14.9. The molecule has 156 valence electrons. The van der Waals surface area contributed by atoms with Crippen molar-refractivity contribution in [2.75, 3.05) is 9.80 Å². The van der Waals surface area contributed by atoms with E-state index in [0.717, 1.165) is 21.3 Å². The quantitative estimate of drug-likeness (QED) is 0.433. The number of hydrogen-bond acceptors (Lipinski definition) is 3. The van der Waals surface area contributed by atoms with Gasteiger partial charge >= 0.3 is 0 Å². The zero-order chi connectivity index (χ0) is 21.8. The number of rotatable bonds is 3. The van der Waals surface area contributed by atoms with Gasteiger partial charge in [0.25, 0.3) is 5.91 Å². The topological polar surface area (TPSA) is 40.6 Å². The van der Waals surface area contributed by atoms with Gasteiger partial charge in [-0.1, -0.05) is 63.9 Å². The molecule has 3 aromatic rings. The first-order valence-electron chi connectivity index (χ1n) is 9.85. The Bertz CT molecular complexity index is 1200. The van der Waals surface area contributed by atoms with Gasteiger partial charge in [-0.05, 0) is 48.9 Å². The summed E-state index contributed by atoms with van der Waals surface area (Å²) in [4.78, 5) is 29.8. The highest BCUT2D eigenvalue weighted by Gasteiger charge is 2.63. The summed E-state index contributed by atoms with van der Waals surface area (Å²) in [6.07, 6.45) is 0. The van der Waals surface area contributed by atoms with Gasteiger partial charge in [-0.3, -0.25) is 14.5 Å². The molecular formula is C24H18BrClN2O2S. The summed E-state index contributed by atoms with van der Waals surface area (Å²) in [5.41, 5.74) is 3.35. The van der Waals surface area contributed by atoms with Gasteiger partial charge in [-0.15, -0.1) is 11.8 Å². The highest BCUT2D eigenvalue weighted by atomic mass is 79.9. The van der Waals surface area contributed by atoms with Crippen molar-refractivity contribution in [1.82, 2.24) is 0 Å². The van der Waals surface area contributed by atoms with Gasteiger partial charge in [0.15, 0.2) is 0 Å². The molecule has 1 fully saturated rings. The molecular weight excluding hydrogens is 496 g/mol. The standard InChI is InChI=1S/C24H18BrClN2O2S/c1-15-22(29)28(19-6-4-5-17(25)13-19)24(31-15)20-7-2-3-8-21(20)27(23(24)30)14-16-9-11-18(26)12-10-16/h2-13,15H,14H2,1H3/t15-,24-/m0/s1. The van der Waals surface area contributed by atoms with Crippen LogP contribution in [0.1, 0.15) is 18.1 Å². The molecule has 2 aliphatic heterocycles. The first kappa shape index (κ1) is 20.6. The molecule has 0 aromatic heterocycles. The van der Waals surface area contributed by atoms with Crippen LogP contribution in [0.5, 0.6) is 0 Å². The molecule has 1 saturated heterocycles. The van der Waals surface area contributed by atoms with Crippen LogP contribution in [0.15, 0.2) is 77.3 Å². The minimum Gasteiger partial charge on any atom is -0.304 e. The SMILES string of the molecule is C[C@@H]1S[C@@]2(C(=O)N(Cc3ccc(Cl)cc3)c3ccccc32)N(c2cccc(Br)c2)C1=O. The molecule has 1 spiro atoms. The van der Waals surface area contributed by atoms with E-state index in [1.807, 2.05) is 79.7 Å². The zero-order valence-corrected chi connectivity index (χ0v) is 19.7. The maximum Gasteiger partial charge on any atom is 0.269 e. The van der Waals surface area contributed by atoms with Crippen LogP contribution in [0.2, 0.25) is 5.02 Å². The zero-order valence-electron chi connectivity index (χ0n) is 16.6. The third-order valence-electron chi connectivity index (χ3n) is 5.65. The number of nitrogens with zero attached hydrogens (tertiary/aromatic N) is 2. The van der Waals surface area contributed by atoms with Gasteiger partial charge in [0.05, 0.1) is 17.5 Å². The minimum atomic E-state index is -1.12. The molecule has 0 radical (unpaired) electrons. The summed E-state index contributed by atoms with van der Waals surface area (Å²) < 4.78 is 0.856. The molecule has 2 amide bonds. The minimum absolute atomic E-state index is 0.0698. The number of fused-ring (bicyclic) bond motifs is 2. The maximum atomic E-state index is 14.1. The molecule has 2 atom stereocenters. The normalized spacial score (nSPS) is 22.5. The predicted molar refractivity (Wildman–Crippen MR) is 129 cm³/mol. The van der Waals surface area contributed by atoms with Crippen LogP contribution in [-0.4, -0.2) is 17.1 Å². The van der Waals surface area contributed by atoms with E-state index in [9.17, 15) is 9.59 Å². The third-order valence-corrected chi connectivity index (χ3v) is 7.86. The van der Waals surface area contributed by atoms with Crippen LogP contribution >= 0.6 is 39.3 Å². The lowest BCUT2D eigenvalue weighted by Crippen LogP contribution is -2.49. The molecule has 0 aliphatic carbocycles. The summed E-state index contributed by atoms with van der Waals surface area (Å²) >= 11 is 10.9. The second-order valence-corrected chi connectivity index (χ2v) is 10.5. The fourth-order valence-electron chi connectivity index (χ4n) is 4.28. The Morgan fingerprint density at radius 3 is 2.52 bits per heavy atom. The summed E-state index contributed by atoms with van der Waals surface area (Å²) in [6.45, 7) is 2.27. The summed E-state index contributed by atoms with van der Waals surface area (Å²) in [7, 11) is 0. The molecule has 0 saturated carbocycles. The van der Waals surface area contributed by atoms with Crippen LogP contribution in [-0.2, 0) is 21.0 Å². The Morgan fingerprint density at radius 1 is 1.03 bits per heavy atom. The van der Waals surface area contributed by atoms with Crippen molar-refractivity contribution in [1.29, 1.82) is 0 Å². The van der Waals surface area contributed by atoms with Crippen molar-refractivity contribution in [2.45, 2.75) is 23.6 Å².